The first kappa shape index (κ1) is 40.8. The SMILES string of the molecule is CC(C)(C)c1ccc2c(c1)C1(c3ccccc3-c3ccccc31)c1cc(-c3ccccc3)cc(N(c3ccc(-c4ccc5oc6ccccc6c5c4)cc3)c3ccc4c(c3)C(C)(C)c3ccccc3-4)c1-2. The number of para-hydroxylation sites is 1. The molecule has 11 aromatic rings. The predicted molar refractivity (Wildman–Crippen MR) is 292 cm³/mol. The van der Waals surface area contributed by atoms with Gasteiger partial charge >= 0.3 is 0 Å². The molecule has 1 aromatic heterocycles. The van der Waals surface area contributed by atoms with E-state index < -0.39 is 5.41 Å². The van der Waals surface area contributed by atoms with Crippen LogP contribution in [0.3, 0.4) is 0 Å². The molecule has 70 heavy (non-hydrogen) atoms. The number of benzene rings is 10. The molecule has 0 atom stereocenters. The molecule has 334 valence electrons. The zero-order valence-corrected chi connectivity index (χ0v) is 40.1. The average molecular weight is 898 g/mol. The Morgan fingerprint density at radius 2 is 0.943 bits per heavy atom. The maximum Gasteiger partial charge on any atom is 0.135 e. The second kappa shape index (κ2) is 14.7. The normalized spacial score (nSPS) is 14.3. The van der Waals surface area contributed by atoms with Gasteiger partial charge in [-0.05, 0) is 149 Å². The molecule has 0 N–H and O–H groups in total. The molecular formula is C68H51NO. The quantitative estimate of drug-likeness (QED) is 0.171. The lowest BCUT2D eigenvalue weighted by Gasteiger charge is -2.33. The lowest BCUT2D eigenvalue weighted by molar-refractivity contribution is 0.588. The standard InChI is InChI=1S/C68H51NO/c1-66(2,3)46-30-34-54-60(40-46)68(57-24-14-10-20-50(57)51-21-11-15-25-58(51)68)61-38-45(42-17-7-6-8-18-42)39-62(65(54)61)69(48-33-35-52-49-19-9-13-23-56(49)67(4,5)59(52)41-48)47-31-27-43(28-32-47)44-29-36-64-55(37-44)53-22-12-16-26-63(53)70-64/h6-41H,1-5H3. The summed E-state index contributed by atoms with van der Waals surface area (Å²) in [5.41, 5.74) is 26.3. The first-order valence-electron chi connectivity index (χ1n) is 24.7. The first-order valence-corrected chi connectivity index (χ1v) is 24.7. The molecule has 0 amide bonds. The van der Waals surface area contributed by atoms with Crippen molar-refractivity contribution in [1.29, 1.82) is 0 Å². The number of hydrogen-bond acceptors (Lipinski definition) is 2. The van der Waals surface area contributed by atoms with Gasteiger partial charge in [0.2, 0.25) is 0 Å². The summed E-state index contributed by atoms with van der Waals surface area (Å²) in [7, 11) is 0. The molecule has 2 nitrogen and oxygen atoms in total. The Kier molecular flexibility index (Phi) is 8.55. The van der Waals surface area contributed by atoms with E-state index in [0.29, 0.717) is 0 Å². The highest BCUT2D eigenvalue weighted by Gasteiger charge is 2.53. The maximum absolute atomic E-state index is 6.25. The van der Waals surface area contributed by atoms with E-state index in [4.69, 9.17) is 4.42 Å². The summed E-state index contributed by atoms with van der Waals surface area (Å²) >= 11 is 0. The largest absolute Gasteiger partial charge is 0.456 e. The van der Waals surface area contributed by atoms with Crippen molar-refractivity contribution in [2.75, 3.05) is 4.90 Å². The smallest absolute Gasteiger partial charge is 0.135 e. The Hall–Kier alpha value is -8.20. The lowest BCUT2D eigenvalue weighted by Crippen LogP contribution is -2.27. The van der Waals surface area contributed by atoms with Crippen LogP contribution in [0, 0.1) is 0 Å². The molecule has 3 aliphatic rings. The Morgan fingerprint density at radius 1 is 0.371 bits per heavy atom. The molecule has 1 heterocycles. The molecule has 0 aliphatic heterocycles. The van der Waals surface area contributed by atoms with Gasteiger partial charge in [-0.15, -0.1) is 0 Å². The third-order valence-electron chi connectivity index (χ3n) is 16.0. The van der Waals surface area contributed by atoms with Gasteiger partial charge in [0, 0.05) is 33.1 Å². The zero-order valence-electron chi connectivity index (χ0n) is 40.1. The summed E-state index contributed by atoms with van der Waals surface area (Å²) in [6.07, 6.45) is 0. The number of fused-ring (bicyclic) bond motifs is 16. The van der Waals surface area contributed by atoms with Crippen molar-refractivity contribution in [2.24, 2.45) is 0 Å². The van der Waals surface area contributed by atoms with Gasteiger partial charge in [0.25, 0.3) is 0 Å². The minimum absolute atomic E-state index is 0.0571. The molecule has 14 rings (SSSR count). The Balaban J connectivity index is 1.07. The van der Waals surface area contributed by atoms with Crippen LogP contribution in [0.2, 0.25) is 0 Å². The van der Waals surface area contributed by atoms with E-state index in [1.807, 2.05) is 6.07 Å². The molecule has 1 spiro atoms. The third-order valence-corrected chi connectivity index (χ3v) is 16.0. The Bertz CT molecular complexity index is 3910. The minimum Gasteiger partial charge on any atom is -0.456 e. The van der Waals surface area contributed by atoms with Crippen LogP contribution in [0.1, 0.15) is 73.6 Å². The fourth-order valence-corrected chi connectivity index (χ4v) is 12.6. The van der Waals surface area contributed by atoms with Crippen molar-refractivity contribution in [1.82, 2.24) is 0 Å². The number of anilines is 3. The third kappa shape index (κ3) is 5.68. The summed E-state index contributed by atoms with van der Waals surface area (Å²) in [6.45, 7) is 11.8. The molecule has 0 saturated carbocycles. The molecule has 0 bridgehead atoms. The van der Waals surface area contributed by atoms with Crippen molar-refractivity contribution < 1.29 is 4.42 Å². The van der Waals surface area contributed by atoms with Crippen LogP contribution in [-0.2, 0) is 16.2 Å². The highest BCUT2D eigenvalue weighted by atomic mass is 16.3. The number of rotatable bonds is 5. The van der Waals surface area contributed by atoms with Gasteiger partial charge in [0.05, 0.1) is 11.1 Å². The maximum atomic E-state index is 6.25. The van der Waals surface area contributed by atoms with E-state index in [0.717, 1.165) is 50.1 Å². The van der Waals surface area contributed by atoms with E-state index >= 15 is 0 Å². The van der Waals surface area contributed by atoms with Gasteiger partial charge < -0.3 is 9.32 Å². The van der Waals surface area contributed by atoms with E-state index in [9.17, 15) is 0 Å². The number of furan rings is 1. The zero-order chi connectivity index (χ0) is 47.1. The monoisotopic (exact) mass is 897 g/mol. The molecule has 0 radical (unpaired) electrons. The summed E-state index contributed by atoms with van der Waals surface area (Å²) < 4.78 is 6.25. The van der Waals surface area contributed by atoms with Gasteiger partial charge in [-0.2, -0.15) is 0 Å². The van der Waals surface area contributed by atoms with Gasteiger partial charge in [-0.1, -0.05) is 198 Å². The lowest BCUT2D eigenvalue weighted by atomic mass is 9.69. The fourth-order valence-electron chi connectivity index (χ4n) is 12.6. The molecule has 0 saturated heterocycles. The highest BCUT2D eigenvalue weighted by molar-refractivity contribution is 6.07. The van der Waals surface area contributed by atoms with Crippen molar-refractivity contribution >= 4 is 39.0 Å². The van der Waals surface area contributed by atoms with Crippen molar-refractivity contribution in [3.63, 3.8) is 0 Å². The van der Waals surface area contributed by atoms with Crippen LogP contribution in [0.15, 0.2) is 223 Å². The van der Waals surface area contributed by atoms with Crippen LogP contribution in [0.5, 0.6) is 0 Å². The van der Waals surface area contributed by atoms with Crippen LogP contribution in [0.4, 0.5) is 17.1 Å². The predicted octanol–water partition coefficient (Wildman–Crippen LogP) is 18.3. The topological polar surface area (TPSA) is 16.4 Å². The van der Waals surface area contributed by atoms with E-state index in [-0.39, 0.29) is 10.8 Å². The van der Waals surface area contributed by atoms with Crippen molar-refractivity contribution in [3.05, 3.63) is 257 Å². The summed E-state index contributed by atoms with van der Waals surface area (Å²) in [5, 5.41) is 2.27. The molecule has 2 heteroatoms. The van der Waals surface area contributed by atoms with Crippen LogP contribution < -0.4 is 4.90 Å². The molecule has 10 aromatic carbocycles. The molecule has 3 aliphatic carbocycles. The summed E-state index contributed by atoms with van der Waals surface area (Å²) in [5.74, 6) is 0. The Morgan fingerprint density at radius 3 is 1.67 bits per heavy atom. The summed E-state index contributed by atoms with van der Waals surface area (Å²) in [6, 6.07) is 82.1. The van der Waals surface area contributed by atoms with Crippen LogP contribution >= 0.6 is 0 Å². The number of hydrogen-bond donors (Lipinski definition) is 0. The van der Waals surface area contributed by atoms with Gasteiger partial charge in [-0.25, -0.2) is 0 Å². The van der Waals surface area contributed by atoms with Gasteiger partial charge in [0.15, 0.2) is 0 Å². The van der Waals surface area contributed by atoms with Gasteiger partial charge in [-0.3, -0.25) is 0 Å². The second-order valence-electron chi connectivity index (χ2n) is 21.2. The van der Waals surface area contributed by atoms with Gasteiger partial charge in [0.1, 0.15) is 11.2 Å². The Labute approximate surface area is 410 Å². The van der Waals surface area contributed by atoms with Crippen molar-refractivity contribution in [3.8, 4) is 55.6 Å². The molecular weight excluding hydrogens is 847 g/mol. The van der Waals surface area contributed by atoms with Crippen molar-refractivity contribution in [2.45, 2.75) is 50.9 Å². The average Bonchev–Trinajstić information content (AvgIpc) is 4.08. The van der Waals surface area contributed by atoms with Crippen LogP contribution in [0.25, 0.3) is 77.6 Å². The number of nitrogens with zero attached hydrogens (tertiary/aromatic N) is 1. The minimum atomic E-state index is -0.550. The molecule has 0 unspecified atom stereocenters. The summed E-state index contributed by atoms with van der Waals surface area (Å²) in [4.78, 5) is 2.56. The highest BCUT2D eigenvalue weighted by Crippen LogP contribution is 2.66. The van der Waals surface area contributed by atoms with E-state index in [2.05, 4.69) is 252 Å². The van der Waals surface area contributed by atoms with E-state index in [1.165, 1.54) is 83.5 Å². The fraction of sp³-hybridized carbons (Fsp3) is 0.118. The van der Waals surface area contributed by atoms with E-state index in [1.54, 1.807) is 0 Å². The first-order chi connectivity index (χ1) is 34.1. The molecule has 0 fully saturated rings. The second-order valence-corrected chi connectivity index (χ2v) is 21.2. The van der Waals surface area contributed by atoms with Crippen LogP contribution in [-0.4, -0.2) is 0 Å².